The van der Waals surface area contributed by atoms with Crippen LogP contribution in [-0.4, -0.2) is 22.2 Å². The molecule has 0 aromatic rings. The van der Waals surface area contributed by atoms with Crippen LogP contribution in [0.15, 0.2) is 0 Å². The van der Waals surface area contributed by atoms with Crippen LogP contribution in [0.3, 0.4) is 0 Å². The maximum Gasteiger partial charge on any atom is 0.309 e. The van der Waals surface area contributed by atoms with Crippen molar-refractivity contribution < 1.29 is 19.8 Å². The maximum absolute atomic E-state index is 10.9. The first-order valence-electron chi connectivity index (χ1n) is 4.87. The predicted octanol–water partition coefficient (Wildman–Crippen LogP) is 2.13. The molecule has 4 nitrogen and oxygen atoms in total. The van der Waals surface area contributed by atoms with Crippen LogP contribution in [0, 0.1) is 5.41 Å². The van der Waals surface area contributed by atoms with E-state index in [2.05, 4.69) is 0 Å². The number of aliphatic carboxylic acids is 2. The Balaban J connectivity index is 4.24. The highest BCUT2D eigenvalue weighted by Gasteiger charge is 2.34. The second-order valence-electron chi connectivity index (χ2n) is 3.89. The number of carbonyl (C=O) groups is 2. The molecule has 0 aliphatic heterocycles. The van der Waals surface area contributed by atoms with Gasteiger partial charge in [0.15, 0.2) is 0 Å². The molecule has 0 spiro atoms. The molecule has 1 atom stereocenters. The van der Waals surface area contributed by atoms with Crippen molar-refractivity contribution in [3.8, 4) is 0 Å². The summed E-state index contributed by atoms with van der Waals surface area (Å²) in [6, 6.07) is 0. The fourth-order valence-electron chi connectivity index (χ4n) is 1.37. The summed E-state index contributed by atoms with van der Waals surface area (Å²) in [5.74, 6) is -2.07. The zero-order valence-corrected chi connectivity index (χ0v) is 8.75. The first kappa shape index (κ1) is 12.9. The Kier molecular flexibility index (Phi) is 5.20. The minimum Gasteiger partial charge on any atom is -0.481 e. The molecule has 0 aliphatic rings. The summed E-state index contributed by atoms with van der Waals surface area (Å²) in [4.78, 5) is 21.4. The van der Waals surface area contributed by atoms with Gasteiger partial charge in [0.05, 0.1) is 11.8 Å². The molecule has 0 bridgehead atoms. The number of rotatable bonds is 7. The minimum absolute atomic E-state index is 0.300. The Morgan fingerprint density at radius 2 is 1.79 bits per heavy atom. The molecular weight excluding hydrogens is 184 g/mol. The van der Waals surface area contributed by atoms with Crippen LogP contribution in [0.1, 0.15) is 46.0 Å². The van der Waals surface area contributed by atoms with E-state index in [0.29, 0.717) is 6.42 Å². The first-order valence-corrected chi connectivity index (χ1v) is 4.87. The van der Waals surface area contributed by atoms with Crippen LogP contribution in [-0.2, 0) is 9.59 Å². The molecule has 0 heterocycles. The smallest absolute Gasteiger partial charge is 0.309 e. The summed E-state index contributed by atoms with van der Waals surface area (Å²) in [5.41, 5.74) is -1.11. The summed E-state index contributed by atoms with van der Waals surface area (Å²) in [7, 11) is 0. The Bertz CT molecular complexity index is 212. The van der Waals surface area contributed by atoms with Crippen molar-refractivity contribution >= 4 is 11.9 Å². The lowest BCUT2D eigenvalue weighted by Gasteiger charge is -2.22. The Morgan fingerprint density at radius 1 is 1.21 bits per heavy atom. The molecule has 0 amide bonds. The van der Waals surface area contributed by atoms with Gasteiger partial charge in [-0.3, -0.25) is 9.59 Å². The van der Waals surface area contributed by atoms with Crippen LogP contribution in [0.4, 0.5) is 0 Å². The molecule has 0 aromatic heterocycles. The van der Waals surface area contributed by atoms with Crippen molar-refractivity contribution in [2.45, 2.75) is 46.0 Å². The van der Waals surface area contributed by atoms with Crippen LogP contribution < -0.4 is 0 Å². The molecule has 0 rings (SSSR count). The zero-order valence-electron chi connectivity index (χ0n) is 8.75. The largest absolute Gasteiger partial charge is 0.481 e. The highest BCUT2D eigenvalue weighted by Crippen LogP contribution is 2.28. The molecule has 0 saturated heterocycles. The minimum atomic E-state index is -1.11. The van der Waals surface area contributed by atoms with Crippen LogP contribution in [0.25, 0.3) is 0 Å². The van der Waals surface area contributed by atoms with Gasteiger partial charge in [-0.15, -0.1) is 0 Å². The molecule has 0 fully saturated rings. The molecule has 0 aromatic carbocycles. The summed E-state index contributed by atoms with van der Waals surface area (Å²) < 4.78 is 0. The number of hydrogen-bond donors (Lipinski definition) is 2. The number of carboxylic acid groups (broad SMARTS) is 2. The SMILES string of the molecule is CCCCCC(C)(CC(=O)O)C(=O)O. The summed E-state index contributed by atoms with van der Waals surface area (Å²) >= 11 is 0. The summed E-state index contributed by atoms with van der Waals surface area (Å²) in [6.45, 7) is 3.52. The number of hydrogen-bond acceptors (Lipinski definition) is 2. The molecule has 0 radical (unpaired) electrons. The third kappa shape index (κ3) is 4.25. The lowest BCUT2D eigenvalue weighted by molar-refractivity contribution is -0.155. The van der Waals surface area contributed by atoms with Gasteiger partial charge < -0.3 is 10.2 Å². The van der Waals surface area contributed by atoms with E-state index in [1.165, 1.54) is 6.92 Å². The monoisotopic (exact) mass is 202 g/mol. The van der Waals surface area contributed by atoms with Gasteiger partial charge in [0, 0.05) is 0 Å². The van der Waals surface area contributed by atoms with Gasteiger partial charge in [-0.25, -0.2) is 0 Å². The fourth-order valence-corrected chi connectivity index (χ4v) is 1.37. The van der Waals surface area contributed by atoms with Gasteiger partial charge in [-0.2, -0.15) is 0 Å². The van der Waals surface area contributed by atoms with Gasteiger partial charge in [-0.05, 0) is 13.3 Å². The maximum atomic E-state index is 10.9. The second-order valence-corrected chi connectivity index (χ2v) is 3.89. The van der Waals surface area contributed by atoms with E-state index < -0.39 is 17.4 Å². The fraction of sp³-hybridized carbons (Fsp3) is 0.800. The van der Waals surface area contributed by atoms with Crippen molar-refractivity contribution in [2.24, 2.45) is 5.41 Å². The molecule has 14 heavy (non-hydrogen) atoms. The van der Waals surface area contributed by atoms with Crippen molar-refractivity contribution in [3.63, 3.8) is 0 Å². The third-order valence-corrected chi connectivity index (χ3v) is 2.39. The highest BCUT2D eigenvalue weighted by molar-refractivity contribution is 5.80. The van der Waals surface area contributed by atoms with Crippen LogP contribution >= 0.6 is 0 Å². The standard InChI is InChI=1S/C10H18O4/c1-3-4-5-6-10(2,9(13)14)7-8(11)12/h3-7H2,1-2H3,(H,11,12)(H,13,14). The topological polar surface area (TPSA) is 74.6 Å². The van der Waals surface area contributed by atoms with E-state index in [-0.39, 0.29) is 6.42 Å². The van der Waals surface area contributed by atoms with Crippen molar-refractivity contribution in [1.82, 2.24) is 0 Å². The lowest BCUT2D eigenvalue weighted by Crippen LogP contribution is -2.30. The quantitative estimate of drug-likeness (QED) is 0.620. The number of carboxylic acids is 2. The van der Waals surface area contributed by atoms with E-state index in [1.54, 1.807) is 0 Å². The first-order chi connectivity index (χ1) is 6.42. The molecule has 2 N–H and O–H groups in total. The van der Waals surface area contributed by atoms with E-state index in [1.807, 2.05) is 6.92 Å². The molecular formula is C10H18O4. The van der Waals surface area contributed by atoms with Crippen molar-refractivity contribution in [3.05, 3.63) is 0 Å². The van der Waals surface area contributed by atoms with Gasteiger partial charge in [0.1, 0.15) is 0 Å². The van der Waals surface area contributed by atoms with E-state index in [9.17, 15) is 9.59 Å². The Morgan fingerprint density at radius 3 is 2.14 bits per heavy atom. The normalized spacial score (nSPS) is 14.7. The van der Waals surface area contributed by atoms with E-state index in [4.69, 9.17) is 10.2 Å². The Labute approximate surface area is 83.9 Å². The molecule has 0 aliphatic carbocycles. The van der Waals surface area contributed by atoms with Gasteiger partial charge in [0.25, 0.3) is 0 Å². The summed E-state index contributed by atoms with van der Waals surface area (Å²) in [5, 5.41) is 17.5. The average molecular weight is 202 g/mol. The highest BCUT2D eigenvalue weighted by atomic mass is 16.4. The lowest BCUT2D eigenvalue weighted by atomic mass is 9.81. The molecule has 1 unspecified atom stereocenters. The number of unbranched alkanes of at least 4 members (excludes halogenated alkanes) is 2. The average Bonchev–Trinajstić information content (AvgIpc) is 2.03. The second kappa shape index (κ2) is 5.62. The molecule has 82 valence electrons. The van der Waals surface area contributed by atoms with Crippen LogP contribution in [0.2, 0.25) is 0 Å². The summed E-state index contributed by atoms with van der Waals surface area (Å²) in [6.07, 6.45) is 2.85. The van der Waals surface area contributed by atoms with Crippen molar-refractivity contribution in [2.75, 3.05) is 0 Å². The van der Waals surface area contributed by atoms with Gasteiger partial charge >= 0.3 is 11.9 Å². The third-order valence-electron chi connectivity index (χ3n) is 2.39. The van der Waals surface area contributed by atoms with Crippen LogP contribution in [0.5, 0.6) is 0 Å². The molecule has 4 heteroatoms. The zero-order chi connectivity index (χ0) is 11.2. The van der Waals surface area contributed by atoms with E-state index in [0.717, 1.165) is 19.3 Å². The van der Waals surface area contributed by atoms with Gasteiger partial charge in [0.2, 0.25) is 0 Å². The van der Waals surface area contributed by atoms with Crippen molar-refractivity contribution in [1.29, 1.82) is 0 Å². The molecule has 0 saturated carbocycles. The van der Waals surface area contributed by atoms with Gasteiger partial charge in [-0.1, -0.05) is 26.2 Å². The predicted molar refractivity (Wildman–Crippen MR) is 52.1 cm³/mol. The van der Waals surface area contributed by atoms with E-state index >= 15 is 0 Å². The Hall–Kier alpha value is -1.06.